The fourth-order valence-corrected chi connectivity index (χ4v) is 7.53. The molecular formula is C30H28N2O6S2. The lowest BCUT2D eigenvalue weighted by Crippen LogP contribution is -2.32. The summed E-state index contributed by atoms with van der Waals surface area (Å²) in [5.74, 6) is -0.503. The minimum atomic E-state index is -4.10. The number of hydrogen-bond acceptors (Lipinski definition) is 7. The number of hydrogen-bond donors (Lipinski definition) is 1. The first kappa shape index (κ1) is 27.4. The van der Waals surface area contributed by atoms with Gasteiger partial charge < -0.3 is 14.8 Å². The quantitative estimate of drug-likeness (QED) is 0.257. The van der Waals surface area contributed by atoms with E-state index in [2.05, 4.69) is 5.32 Å². The number of carbonyl (C=O) groups is 2. The first-order valence-electron chi connectivity index (χ1n) is 12.7. The zero-order valence-electron chi connectivity index (χ0n) is 22.0. The van der Waals surface area contributed by atoms with Gasteiger partial charge in [-0.3, -0.25) is 9.10 Å². The number of ether oxygens (including phenoxy) is 2. The van der Waals surface area contributed by atoms with Crippen molar-refractivity contribution < 1.29 is 27.5 Å². The Morgan fingerprint density at radius 3 is 2.33 bits per heavy atom. The van der Waals surface area contributed by atoms with Crippen LogP contribution in [0.25, 0.3) is 0 Å². The van der Waals surface area contributed by atoms with Gasteiger partial charge in [-0.05, 0) is 66.8 Å². The van der Waals surface area contributed by atoms with Gasteiger partial charge in [0.15, 0.2) is 0 Å². The minimum Gasteiger partial charge on any atom is -0.497 e. The number of rotatable bonds is 9. The van der Waals surface area contributed by atoms with Gasteiger partial charge in [0, 0.05) is 4.88 Å². The third-order valence-electron chi connectivity index (χ3n) is 6.77. The molecule has 206 valence electrons. The molecule has 8 nitrogen and oxygen atoms in total. The molecule has 3 aromatic carbocycles. The van der Waals surface area contributed by atoms with Crippen molar-refractivity contribution in [2.45, 2.75) is 30.7 Å². The standard InChI is InChI=1S/C30H28N2O6S2/c1-37-21-15-17-22(18-16-21)40(35,36)32(19-20-9-4-3-5-10-20)25-13-7-6-11-23(25)28(33)31-29-27(30(34)38-2)24-12-8-14-26(24)39-29/h3-7,9-11,13,15-18H,8,12,14,19H2,1-2H3,(H,31,33). The topological polar surface area (TPSA) is 102 Å². The van der Waals surface area contributed by atoms with Crippen LogP contribution in [0.15, 0.2) is 83.8 Å². The largest absolute Gasteiger partial charge is 0.497 e. The summed E-state index contributed by atoms with van der Waals surface area (Å²) in [5, 5.41) is 3.28. The molecule has 1 amide bonds. The molecule has 0 spiro atoms. The van der Waals surface area contributed by atoms with Crippen LogP contribution in [0.4, 0.5) is 10.7 Å². The van der Waals surface area contributed by atoms with E-state index in [1.165, 1.54) is 42.0 Å². The predicted molar refractivity (Wildman–Crippen MR) is 155 cm³/mol. The number of carbonyl (C=O) groups excluding carboxylic acids is 2. The Kier molecular flexibility index (Phi) is 7.90. The number of esters is 1. The Balaban J connectivity index is 1.56. The monoisotopic (exact) mass is 576 g/mol. The lowest BCUT2D eigenvalue weighted by molar-refractivity contribution is 0.0601. The van der Waals surface area contributed by atoms with Crippen LogP contribution in [-0.4, -0.2) is 34.5 Å². The molecule has 10 heteroatoms. The summed E-state index contributed by atoms with van der Waals surface area (Å²) >= 11 is 1.36. The average Bonchev–Trinajstić information content (AvgIpc) is 3.57. The van der Waals surface area contributed by atoms with Crippen molar-refractivity contribution in [1.82, 2.24) is 0 Å². The van der Waals surface area contributed by atoms with E-state index >= 15 is 0 Å². The third-order valence-corrected chi connectivity index (χ3v) is 9.75. The highest BCUT2D eigenvalue weighted by Crippen LogP contribution is 2.40. The van der Waals surface area contributed by atoms with Gasteiger partial charge in [0.2, 0.25) is 0 Å². The van der Waals surface area contributed by atoms with Crippen molar-refractivity contribution >= 4 is 43.9 Å². The van der Waals surface area contributed by atoms with E-state index in [-0.39, 0.29) is 22.7 Å². The molecule has 1 N–H and O–H groups in total. The van der Waals surface area contributed by atoms with Crippen LogP contribution in [-0.2, 0) is 34.1 Å². The highest BCUT2D eigenvalue weighted by atomic mass is 32.2. The Bertz CT molecular complexity index is 1650. The molecular weight excluding hydrogens is 548 g/mol. The number of fused-ring (bicyclic) bond motifs is 1. The molecule has 0 unspecified atom stereocenters. The van der Waals surface area contributed by atoms with Gasteiger partial charge in [0.25, 0.3) is 15.9 Å². The van der Waals surface area contributed by atoms with E-state index in [1.54, 1.807) is 36.4 Å². The van der Waals surface area contributed by atoms with Crippen LogP contribution in [0.3, 0.4) is 0 Å². The van der Waals surface area contributed by atoms with Crippen molar-refractivity contribution in [3.63, 3.8) is 0 Å². The molecule has 0 aliphatic heterocycles. The zero-order chi connectivity index (χ0) is 28.3. The van der Waals surface area contributed by atoms with Crippen molar-refractivity contribution in [2.75, 3.05) is 23.8 Å². The maximum Gasteiger partial charge on any atom is 0.341 e. The summed E-state index contributed by atoms with van der Waals surface area (Å²) < 4.78 is 39.5. The normalized spacial score (nSPS) is 12.4. The van der Waals surface area contributed by atoms with Crippen molar-refractivity contribution in [1.29, 1.82) is 0 Å². The molecule has 1 aromatic heterocycles. The van der Waals surface area contributed by atoms with Gasteiger partial charge in [-0.1, -0.05) is 42.5 Å². The fraction of sp³-hybridized carbons (Fsp3) is 0.200. The minimum absolute atomic E-state index is 0.000203. The summed E-state index contributed by atoms with van der Waals surface area (Å²) in [6, 6.07) is 21.8. The first-order valence-corrected chi connectivity index (χ1v) is 14.9. The number of methoxy groups -OCH3 is 2. The van der Waals surface area contributed by atoms with Crippen LogP contribution in [0, 0.1) is 0 Å². The number of nitrogens with zero attached hydrogens (tertiary/aromatic N) is 1. The van der Waals surface area contributed by atoms with Crippen LogP contribution in [0.1, 0.15) is 43.1 Å². The van der Waals surface area contributed by atoms with Gasteiger partial charge in [-0.2, -0.15) is 0 Å². The van der Waals surface area contributed by atoms with Crippen LogP contribution in [0.2, 0.25) is 0 Å². The number of thiophene rings is 1. The number of para-hydroxylation sites is 1. The second-order valence-electron chi connectivity index (χ2n) is 9.20. The van der Waals surface area contributed by atoms with Crippen LogP contribution >= 0.6 is 11.3 Å². The Hall–Kier alpha value is -4.15. The summed E-state index contributed by atoms with van der Waals surface area (Å²) in [4.78, 5) is 27.5. The Morgan fingerprint density at radius 1 is 0.925 bits per heavy atom. The van der Waals surface area contributed by atoms with Crippen LogP contribution in [0.5, 0.6) is 5.75 Å². The highest BCUT2D eigenvalue weighted by Gasteiger charge is 2.31. The maximum absolute atomic E-state index is 14.0. The molecule has 1 aliphatic rings. The van der Waals surface area contributed by atoms with E-state index < -0.39 is 21.9 Å². The molecule has 4 aromatic rings. The number of amides is 1. The molecule has 0 fully saturated rings. The highest BCUT2D eigenvalue weighted by molar-refractivity contribution is 7.92. The molecule has 0 saturated heterocycles. The third kappa shape index (κ3) is 5.32. The van der Waals surface area contributed by atoms with Crippen molar-refractivity contribution in [3.8, 4) is 5.75 Å². The van der Waals surface area contributed by atoms with Gasteiger partial charge in [-0.15, -0.1) is 11.3 Å². The van der Waals surface area contributed by atoms with E-state index in [9.17, 15) is 18.0 Å². The molecule has 0 saturated carbocycles. The molecule has 0 radical (unpaired) electrons. The molecule has 1 heterocycles. The second-order valence-corrected chi connectivity index (χ2v) is 12.2. The molecule has 1 aliphatic carbocycles. The second kappa shape index (κ2) is 11.5. The SMILES string of the molecule is COC(=O)c1c(NC(=O)c2ccccc2N(Cc2ccccc2)S(=O)(=O)c2ccc(OC)cc2)sc2c1CCC2. The van der Waals surface area contributed by atoms with E-state index in [0.717, 1.165) is 35.3 Å². The van der Waals surface area contributed by atoms with E-state index in [0.29, 0.717) is 16.3 Å². The van der Waals surface area contributed by atoms with Gasteiger partial charge in [-0.25, -0.2) is 13.2 Å². The fourth-order valence-electron chi connectivity index (χ4n) is 4.79. The summed E-state index contributed by atoms with van der Waals surface area (Å²) in [5.41, 5.74) is 2.40. The van der Waals surface area contributed by atoms with Gasteiger partial charge in [0.1, 0.15) is 10.8 Å². The summed E-state index contributed by atoms with van der Waals surface area (Å²) in [7, 11) is -1.28. The maximum atomic E-state index is 14.0. The van der Waals surface area contributed by atoms with Crippen LogP contribution < -0.4 is 14.4 Å². The molecule has 0 bridgehead atoms. The lowest BCUT2D eigenvalue weighted by Gasteiger charge is -2.26. The zero-order valence-corrected chi connectivity index (χ0v) is 23.7. The number of anilines is 2. The number of sulfonamides is 1. The Morgan fingerprint density at radius 2 is 1.62 bits per heavy atom. The number of nitrogens with one attached hydrogen (secondary N) is 1. The molecule has 40 heavy (non-hydrogen) atoms. The molecule has 0 atom stereocenters. The predicted octanol–water partition coefficient (Wildman–Crippen LogP) is 5.68. The summed E-state index contributed by atoms with van der Waals surface area (Å²) in [6.07, 6.45) is 2.52. The molecule has 5 rings (SSSR count). The van der Waals surface area contributed by atoms with Crippen molar-refractivity contribution in [2.24, 2.45) is 0 Å². The van der Waals surface area contributed by atoms with Gasteiger partial charge >= 0.3 is 5.97 Å². The van der Waals surface area contributed by atoms with E-state index in [4.69, 9.17) is 9.47 Å². The Labute approximate surface area is 237 Å². The smallest absolute Gasteiger partial charge is 0.341 e. The number of benzene rings is 3. The first-order chi connectivity index (χ1) is 19.3. The van der Waals surface area contributed by atoms with Gasteiger partial charge in [0.05, 0.1) is 42.5 Å². The lowest BCUT2D eigenvalue weighted by atomic mass is 10.1. The van der Waals surface area contributed by atoms with Crippen molar-refractivity contribution in [3.05, 3.63) is 106 Å². The number of aryl methyl sites for hydroxylation is 1. The van der Waals surface area contributed by atoms with E-state index in [1.807, 2.05) is 30.3 Å². The summed E-state index contributed by atoms with van der Waals surface area (Å²) in [6.45, 7) is 0.000203. The average molecular weight is 577 g/mol.